The van der Waals surface area contributed by atoms with Crippen LogP contribution in [0.25, 0.3) is 0 Å². The molecule has 134 valence electrons. The highest BCUT2D eigenvalue weighted by Gasteiger charge is 2.36. The maximum atomic E-state index is 12.4. The minimum atomic E-state index is -0.379. The number of fused-ring (bicyclic) bond motifs is 1. The second-order valence-electron chi connectivity index (χ2n) is 6.32. The summed E-state index contributed by atoms with van der Waals surface area (Å²) >= 11 is 1.30. The minimum Gasteiger partial charge on any atom is -0.370 e. The molecule has 1 aromatic heterocycles. The van der Waals surface area contributed by atoms with E-state index < -0.39 is 0 Å². The zero-order chi connectivity index (χ0) is 18.3. The summed E-state index contributed by atoms with van der Waals surface area (Å²) in [7, 11) is 0. The van der Waals surface area contributed by atoms with E-state index in [1.54, 1.807) is 24.3 Å². The van der Waals surface area contributed by atoms with E-state index in [-0.39, 0.29) is 30.0 Å². The average Bonchev–Trinajstić information content (AvgIpc) is 3.34. The van der Waals surface area contributed by atoms with E-state index in [9.17, 15) is 14.4 Å². The first-order chi connectivity index (χ1) is 12.6. The van der Waals surface area contributed by atoms with E-state index in [1.165, 1.54) is 16.7 Å². The molecule has 0 atom stereocenters. The van der Waals surface area contributed by atoms with Crippen LogP contribution in [-0.2, 0) is 11.2 Å². The van der Waals surface area contributed by atoms with Gasteiger partial charge in [-0.15, -0.1) is 10.2 Å². The van der Waals surface area contributed by atoms with Crippen molar-refractivity contribution in [2.75, 3.05) is 5.88 Å². The molecule has 1 fully saturated rings. The molecule has 8 nitrogen and oxygen atoms in total. The van der Waals surface area contributed by atoms with Crippen molar-refractivity contribution in [1.82, 2.24) is 19.7 Å². The Labute approximate surface area is 153 Å². The van der Waals surface area contributed by atoms with Gasteiger partial charge in [0.25, 0.3) is 11.8 Å². The summed E-state index contributed by atoms with van der Waals surface area (Å²) in [6, 6.07) is 7.13. The van der Waals surface area contributed by atoms with Crippen LogP contribution in [0.5, 0.6) is 0 Å². The molecule has 0 unspecified atom stereocenters. The van der Waals surface area contributed by atoms with Gasteiger partial charge in [0.2, 0.25) is 5.91 Å². The predicted octanol–water partition coefficient (Wildman–Crippen LogP) is 1.38. The van der Waals surface area contributed by atoms with Crippen molar-refractivity contribution in [3.8, 4) is 0 Å². The number of benzene rings is 1. The van der Waals surface area contributed by atoms with Gasteiger partial charge in [0.15, 0.2) is 5.16 Å². The van der Waals surface area contributed by atoms with Crippen LogP contribution in [0.4, 0.5) is 0 Å². The first-order valence-corrected chi connectivity index (χ1v) is 9.35. The maximum Gasteiger partial charge on any atom is 0.262 e. The number of aryl methyl sites for hydroxylation is 1. The lowest BCUT2D eigenvalue weighted by atomic mass is 10.1. The first-order valence-electron chi connectivity index (χ1n) is 8.36. The molecule has 1 saturated carbocycles. The first kappa shape index (κ1) is 16.8. The third kappa shape index (κ3) is 2.98. The van der Waals surface area contributed by atoms with Crippen LogP contribution in [0.2, 0.25) is 0 Å². The lowest BCUT2D eigenvalue weighted by Crippen LogP contribution is -2.29. The number of hydrogen-bond acceptors (Lipinski definition) is 6. The molecular weight excluding hydrogens is 354 g/mol. The largest absolute Gasteiger partial charge is 0.370 e. The van der Waals surface area contributed by atoms with Crippen molar-refractivity contribution in [2.45, 2.75) is 36.9 Å². The van der Waals surface area contributed by atoms with E-state index in [2.05, 4.69) is 10.2 Å². The van der Waals surface area contributed by atoms with Crippen LogP contribution in [0.15, 0.2) is 29.4 Å². The summed E-state index contributed by atoms with van der Waals surface area (Å²) in [5.41, 5.74) is 6.09. The lowest BCUT2D eigenvalue weighted by Gasteiger charge is -2.14. The second-order valence-corrected chi connectivity index (χ2v) is 7.24. The molecule has 1 aliphatic carbocycles. The predicted molar refractivity (Wildman–Crippen MR) is 93.5 cm³/mol. The Morgan fingerprint density at radius 1 is 1.15 bits per heavy atom. The van der Waals surface area contributed by atoms with Crippen LogP contribution in [-0.4, -0.2) is 43.3 Å². The molecule has 0 radical (unpaired) electrons. The Morgan fingerprint density at radius 3 is 2.38 bits per heavy atom. The summed E-state index contributed by atoms with van der Waals surface area (Å²) in [6.45, 7) is 0. The summed E-state index contributed by atoms with van der Waals surface area (Å²) in [4.78, 5) is 37.1. The molecular formula is C17H17N5O3S. The fraction of sp³-hybridized carbons (Fsp3) is 0.353. The molecule has 0 spiro atoms. The Hall–Kier alpha value is -2.68. The summed E-state index contributed by atoms with van der Waals surface area (Å²) < 4.78 is 2.01. The van der Waals surface area contributed by atoms with Gasteiger partial charge < -0.3 is 10.3 Å². The maximum absolute atomic E-state index is 12.4. The van der Waals surface area contributed by atoms with E-state index >= 15 is 0 Å². The van der Waals surface area contributed by atoms with Crippen LogP contribution in [0.3, 0.4) is 0 Å². The topological polar surface area (TPSA) is 111 Å². The number of hydrogen-bond donors (Lipinski definition) is 1. The highest BCUT2D eigenvalue weighted by atomic mass is 32.2. The molecule has 1 aromatic carbocycles. The second kappa shape index (κ2) is 6.56. The van der Waals surface area contributed by atoms with Crippen molar-refractivity contribution in [3.05, 3.63) is 41.2 Å². The van der Waals surface area contributed by atoms with Crippen LogP contribution < -0.4 is 5.73 Å². The van der Waals surface area contributed by atoms with Gasteiger partial charge in [-0.05, 0) is 25.0 Å². The number of rotatable bonds is 7. The quantitative estimate of drug-likeness (QED) is 0.581. The summed E-state index contributed by atoms with van der Waals surface area (Å²) in [6.07, 6.45) is 2.71. The lowest BCUT2D eigenvalue weighted by molar-refractivity contribution is -0.118. The van der Waals surface area contributed by atoms with Gasteiger partial charge >= 0.3 is 0 Å². The van der Waals surface area contributed by atoms with Crippen molar-refractivity contribution in [1.29, 1.82) is 0 Å². The fourth-order valence-corrected chi connectivity index (χ4v) is 3.96. The number of nitrogens with zero attached hydrogens (tertiary/aromatic N) is 4. The van der Waals surface area contributed by atoms with Crippen molar-refractivity contribution in [3.63, 3.8) is 0 Å². The zero-order valence-electron chi connectivity index (χ0n) is 13.9. The Balaban J connectivity index is 1.50. The van der Waals surface area contributed by atoms with Gasteiger partial charge in [0, 0.05) is 18.9 Å². The van der Waals surface area contributed by atoms with Crippen LogP contribution in [0, 0.1) is 0 Å². The summed E-state index contributed by atoms with van der Waals surface area (Å²) in [5.74, 6) is -0.0617. The van der Waals surface area contributed by atoms with Crippen molar-refractivity contribution in [2.24, 2.45) is 5.73 Å². The molecule has 9 heteroatoms. The number of primary amides is 1. The number of carbonyl (C=O) groups is 3. The Kier molecular flexibility index (Phi) is 4.23. The Bertz CT molecular complexity index is 871. The molecule has 2 N–H and O–H groups in total. The molecule has 26 heavy (non-hydrogen) atoms. The zero-order valence-corrected chi connectivity index (χ0v) is 14.7. The SMILES string of the molecule is NC(=O)CCc1nnc(SCN2C(=O)c3ccccc3C2=O)n1C1CC1. The van der Waals surface area contributed by atoms with Crippen molar-refractivity contribution < 1.29 is 14.4 Å². The van der Waals surface area contributed by atoms with E-state index in [0.717, 1.165) is 18.7 Å². The highest BCUT2D eigenvalue weighted by Crippen LogP contribution is 2.39. The van der Waals surface area contributed by atoms with Gasteiger partial charge in [0.05, 0.1) is 17.0 Å². The van der Waals surface area contributed by atoms with Crippen LogP contribution in [0.1, 0.15) is 51.8 Å². The number of nitrogens with two attached hydrogens (primary N) is 1. The molecule has 2 heterocycles. The van der Waals surface area contributed by atoms with Gasteiger partial charge in [-0.1, -0.05) is 23.9 Å². The van der Waals surface area contributed by atoms with Gasteiger partial charge in [0.1, 0.15) is 5.82 Å². The molecule has 1 aliphatic heterocycles. The van der Waals surface area contributed by atoms with E-state index in [1.807, 2.05) is 4.57 Å². The average molecular weight is 371 g/mol. The number of thioether (sulfide) groups is 1. The van der Waals surface area contributed by atoms with Gasteiger partial charge in [-0.3, -0.25) is 19.3 Å². The summed E-state index contributed by atoms with van der Waals surface area (Å²) in [5, 5.41) is 9.01. The van der Waals surface area contributed by atoms with E-state index in [0.29, 0.717) is 28.7 Å². The van der Waals surface area contributed by atoms with Crippen molar-refractivity contribution >= 4 is 29.5 Å². The van der Waals surface area contributed by atoms with Gasteiger partial charge in [-0.2, -0.15) is 0 Å². The standard InChI is InChI=1S/C17H17N5O3S/c18-13(23)7-8-14-19-20-17(22(14)10-5-6-10)26-9-21-15(24)11-3-1-2-4-12(11)16(21)25/h1-4,10H,5-9H2,(H2,18,23). The molecule has 0 saturated heterocycles. The molecule has 2 aliphatic rings. The third-order valence-electron chi connectivity index (χ3n) is 4.44. The molecule has 0 bridgehead atoms. The number of carbonyl (C=O) groups excluding carboxylic acids is 3. The number of amides is 3. The van der Waals surface area contributed by atoms with Gasteiger partial charge in [-0.25, -0.2) is 0 Å². The monoisotopic (exact) mass is 371 g/mol. The van der Waals surface area contributed by atoms with Crippen LogP contribution >= 0.6 is 11.8 Å². The molecule has 4 rings (SSSR count). The molecule has 3 amide bonds. The number of imide groups is 1. The van der Waals surface area contributed by atoms with E-state index in [4.69, 9.17) is 5.73 Å². The molecule has 2 aromatic rings. The normalized spacial score (nSPS) is 16.2. The smallest absolute Gasteiger partial charge is 0.262 e. The fourth-order valence-electron chi connectivity index (χ4n) is 2.99. The minimum absolute atomic E-state index is 0.174. The Morgan fingerprint density at radius 2 is 1.81 bits per heavy atom. The third-order valence-corrected chi connectivity index (χ3v) is 5.37. The number of aromatic nitrogens is 3. The highest BCUT2D eigenvalue weighted by molar-refractivity contribution is 7.99.